The van der Waals surface area contributed by atoms with Crippen molar-refractivity contribution in [1.29, 1.82) is 0 Å². The number of anilines is 6. The van der Waals surface area contributed by atoms with E-state index in [1.165, 1.54) is 24.3 Å². The number of thiophene rings is 1. The topological polar surface area (TPSA) is 6.48 Å². The highest BCUT2D eigenvalue weighted by Gasteiger charge is 2.48. The predicted molar refractivity (Wildman–Crippen MR) is 343 cm³/mol. The van der Waals surface area contributed by atoms with Crippen LogP contribution >= 0.6 is 11.3 Å². The van der Waals surface area contributed by atoms with Gasteiger partial charge in [-0.05, 0) is 151 Å². The lowest BCUT2D eigenvalue weighted by Gasteiger charge is -2.35. The van der Waals surface area contributed by atoms with E-state index >= 15 is 8.78 Å². The second kappa shape index (κ2) is 20.2. The third-order valence-electron chi connectivity index (χ3n) is 17.4. The van der Waals surface area contributed by atoms with Gasteiger partial charge >= 0.3 is 0 Å². The molecule has 7 heteroatoms. The molecule has 1 heterocycles. The van der Waals surface area contributed by atoms with Crippen molar-refractivity contribution >= 4 is 77.8 Å². The van der Waals surface area contributed by atoms with Crippen LogP contribution in [0.25, 0.3) is 54.6 Å². The van der Waals surface area contributed by atoms with Crippen LogP contribution in [-0.4, -0.2) is 0 Å². The fraction of sp³-hybridized carbons (Fsp3) is 0.0256. The molecule has 85 heavy (non-hydrogen) atoms. The second-order valence-electron chi connectivity index (χ2n) is 21.8. The van der Waals surface area contributed by atoms with E-state index in [9.17, 15) is 8.78 Å². The fourth-order valence-corrected chi connectivity index (χ4v) is 14.9. The zero-order valence-electron chi connectivity index (χ0n) is 45.8. The first-order valence-electron chi connectivity index (χ1n) is 28.2. The van der Waals surface area contributed by atoms with Gasteiger partial charge in [0.15, 0.2) is 23.3 Å². The van der Waals surface area contributed by atoms with Crippen molar-refractivity contribution in [1.82, 2.24) is 0 Å². The maximum absolute atomic E-state index is 15.7. The summed E-state index contributed by atoms with van der Waals surface area (Å²) in [5.74, 6) is -3.80. The molecule has 0 saturated carbocycles. The van der Waals surface area contributed by atoms with Gasteiger partial charge in [0.25, 0.3) is 0 Å². The van der Waals surface area contributed by atoms with Gasteiger partial charge in [0.1, 0.15) is 0 Å². The monoisotopic (exact) mass is 1120 g/mol. The van der Waals surface area contributed by atoms with Gasteiger partial charge in [-0.25, -0.2) is 17.6 Å². The zero-order chi connectivity index (χ0) is 57.6. The molecule has 2 aliphatic rings. The lowest BCUT2D eigenvalue weighted by Crippen LogP contribution is -2.28. The summed E-state index contributed by atoms with van der Waals surface area (Å²) in [5.41, 5.74) is 17.6. The first-order valence-corrected chi connectivity index (χ1v) is 29.0. The number of benzene rings is 12. The Balaban J connectivity index is 0.893. The van der Waals surface area contributed by atoms with Crippen molar-refractivity contribution < 1.29 is 17.6 Å². The Labute approximate surface area is 494 Å². The molecular weight excluding hydrogens is 1070 g/mol. The Bertz CT molecular complexity index is 4520. The van der Waals surface area contributed by atoms with Gasteiger partial charge in [-0.2, -0.15) is 0 Å². The molecule has 0 amide bonds. The van der Waals surface area contributed by atoms with E-state index in [0.717, 1.165) is 121 Å². The van der Waals surface area contributed by atoms with Crippen LogP contribution in [0.1, 0.15) is 55.6 Å². The quantitative estimate of drug-likeness (QED) is 0.113. The normalized spacial score (nSPS) is 15.5. The van der Waals surface area contributed by atoms with Crippen molar-refractivity contribution in [2.24, 2.45) is 0 Å². The highest BCUT2D eigenvalue weighted by Crippen LogP contribution is 2.59. The summed E-state index contributed by atoms with van der Waals surface area (Å²) in [6, 6.07) is 88.7. The number of halogens is 4. The molecule has 0 bridgehead atoms. The van der Waals surface area contributed by atoms with Crippen molar-refractivity contribution in [3.63, 3.8) is 0 Å². The molecule has 0 radical (unpaired) electrons. The molecule has 406 valence electrons. The zero-order valence-corrected chi connectivity index (χ0v) is 46.6. The second-order valence-corrected chi connectivity index (χ2v) is 22.8. The van der Waals surface area contributed by atoms with Crippen LogP contribution in [0, 0.1) is 23.3 Å². The Hall–Kier alpha value is -10.3. The van der Waals surface area contributed by atoms with E-state index < -0.39 is 34.1 Å². The number of hydrogen-bond donors (Lipinski definition) is 0. The van der Waals surface area contributed by atoms with Gasteiger partial charge in [0.2, 0.25) is 0 Å². The molecule has 0 spiro atoms. The summed E-state index contributed by atoms with van der Waals surface area (Å²) in [6.45, 7) is 8.07. The highest BCUT2D eigenvalue weighted by molar-refractivity contribution is 7.25. The molecule has 0 fully saturated rings. The van der Waals surface area contributed by atoms with E-state index in [1.54, 1.807) is 23.5 Å². The standard InChI is InChI=1S/C78H50F4N2S/c1-3-49-23-27-53(28-24-49)77(51-15-7-5-8-16-51)67-21-13-11-19-61(67)63-37-31-55(43-69(63)77)83(57-35-41-71(79)73(81)45-57)59-33-39-65-66-40-34-60(48-76(66)85-75(65)47-59)84(58-36-42-72(80)74(82)46-58)56-32-38-64-62-20-12-14-22-68(62)78(70(64)44-56,52-17-9-6-10-18-52)54-29-25-50(4-2)26-30-54/h3-48H,1-2H2. The molecule has 2 aliphatic carbocycles. The Kier molecular flexibility index (Phi) is 12.3. The van der Waals surface area contributed by atoms with E-state index in [-0.39, 0.29) is 0 Å². The smallest absolute Gasteiger partial charge is 0.160 e. The van der Waals surface area contributed by atoms with E-state index in [1.807, 2.05) is 46.2 Å². The molecule has 2 atom stereocenters. The number of fused-ring (bicyclic) bond motifs is 9. The van der Waals surface area contributed by atoms with Crippen LogP contribution in [0.5, 0.6) is 0 Å². The Morgan fingerprint density at radius 3 is 1.02 bits per heavy atom. The van der Waals surface area contributed by atoms with Crippen molar-refractivity contribution in [2.75, 3.05) is 9.80 Å². The highest BCUT2D eigenvalue weighted by atomic mass is 32.1. The first-order chi connectivity index (χ1) is 41.7. The number of nitrogens with zero attached hydrogens (tertiary/aromatic N) is 2. The van der Waals surface area contributed by atoms with Crippen molar-refractivity contribution in [2.45, 2.75) is 10.8 Å². The molecule has 0 N–H and O–H groups in total. The molecular formula is C78H50F4N2S. The van der Waals surface area contributed by atoms with Gasteiger partial charge in [-0.1, -0.05) is 207 Å². The van der Waals surface area contributed by atoms with Crippen LogP contribution in [-0.2, 0) is 10.8 Å². The number of hydrogen-bond acceptors (Lipinski definition) is 3. The minimum Gasteiger partial charge on any atom is -0.310 e. The summed E-state index contributed by atoms with van der Waals surface area (Å²) in [6.07, 6.45) is 3.69. The van der Waals surface area contributed by atoms with Gasteiger partial charge in [0.05, 0.1) is 10.8 Å². The van der Waals surface area contributed by atoms with Gasteiger partial charge in [0, 0.05) is 66.4 Å². The molecule has 15 rings (SSSR count). The van der Waals surface area contributed by atoms with Crippen LogP contribution in [0.15, 0.2) is 280 Å². The molecule has 2 unspecified atom stereocenters. The minimum atomic E-state index is -0.959. The SMILES string of the molecule is C=Cc1ccc(C2(c3ccccc3)c3ccccc3-c3ccc(N(c4ccc(F)c(F)c4)c4ccc5c(c4)sc4cc(N(c6ccc(F)c(F)c6)c6ccc7c(c6)C(c6ccccc6)(c6ccc(C=C)cc6)c6ccccc6-7)ccc45)cc32)cc1. The Morgan fingerprint density at radius 2 is 0.624 bits per heavy atom. The summed E-state index contributed by atoms with van der Waals surface area (Å²) < 4.78 is 63.2. The third kappa shape index (κ3) is 7.98. The molecule has 0 saturated heterocycles. The maximum Gasteiger partial charge on any atom is 0.160 e. The van der Waals surface area contributed by atoms with Crippen LogP contribution in [0.3, 0.4) is 0 Å². The average Bonchev–Trinajstić information content (AvgIpc) is 1.66. The molecule has 13 aromatic rings. The lowest BCUT2D eigenvalue weighted by molar-refractivity contribution is 0.509. The predicted octanol–water partition coefficient (Wildman–Crippen LogP) is 21.6. The third-order valence-corrected chi connectivity index (χ3v) is 18.5. The van der Waals surface area contributed by atoms with Gasteiger partial charge < -0.3 is 9.80 Å². The van der Waals surface area contributed by atoms with Crippen LogP contribution < -0.4 is 9.80 Å². The minimum absolute atomic E-state index is 0.447. The first kappa shape index (κ1) is 51.5. The average molecular weight is 1120 g/mol. The largest absolute Gasteiger partial charge is 0.310 e. The van der Waals surface area contributed by atoms with Gasteiger partial charge in [-0.15, -0.1) is 11.3 Å². The van der Waals surface area contributed by atoms with Crippen molar-refractivity contribution in [3.05, 3.63) is 359 Å². The molecule has 12 aromatic carbocycles. The summed E-state index contributed by atoms with van der Waals surface area (Å²) in [5, 5.41) is 2.00. The summed E-state index contributed by atoms with van der Waals surface area (Å²) in [4.78, 5) is 4.00. The van der Waals surface area contributed by atoms with E-state index in [0.29, 0.717) is 11.4 Å². The molecule has 2 nitrogen and oxygen atoms in total. The molecule has 1 aromatic heterocycles. The van der Waals surface area contributed by atoms with Crippen LogP contribution in [0.4, 0.5) is 51.7 Å². The van der Waals surface area contributed by atoms with E-state index in [2.05, 4.69) is 219 Å². The van der Waals surface area contributed by atoms with Gasteiger partial charge in [-0.3, -0.25) is 0 Å². The molecule has 0 aliphatic heterocycles. The van der Waals surface area contributed by atoms with Crippen LogP contribution in [0.2, 0.25) is 0 Å². The Morgan fingerprint density at radius 1 is 0.294 bits per heavy atom. The van der Waals surface area contributed by atoms with E-state index in [4.69, 9.17) is 0 Å². The lowest BCUT2D eigenvalue weighted by atomic mass is 9.67. The summed E-state index contributed by atoms with van der Waals surface area (Å²) >= 11 is 1.60. The van der Waals surface area contributed by atoms with Crippen molar-refractivity contribution in [3.8, 4) is 22.3 Å². The maximum atomic E-state index is 15.7. The number of rotatable bonds is 12. The fourth-order valence-electron chi connectivity index (χ4n) is 13.7. The summed E-state index contributed by atoms with van der Waals surface area (Å²) in [7, 11) is 0.